The third-order valence-electron chi connectivity index (χ3n) is 3.24. The van der Waals surface area contributed by atoms with Crippen LogP contribution in [0.25, 0.3) is 6.08 Å². The molecule has 0 N–H and O–H groups in total. The summed E-state index contributed by atoms with van der Waals surface area (Å²) in [7, 11) is 0. The number of fused-ring (bicyclic) bond motifs is 1. The highest BCUT2D eigenvalue weighted by Crippen LogP contribution is 2.36. The molecular formula is C16H13BrClN. The molecular weight excluding hydrogens is 322 g/mol. The first-order chi connectivity index (χ1) is 9.28. The normalized spacial score (nSPS) is 14.0. The molecule has 2 aromatic rings. The highest BCUT2D eigenvalue weighted by Gasteiger charge is 2.19. The summed E-state index contributed by atoms with van der Waals surface area (Å²) in [6.07, 6.45) is 2.24. The number of para-hydroxylation sites is 1. The van der Waals surface area contributed by atoms with E-state index in [1.807, 2.05) is 18.2 Å². The second kappa shape index (κ2) is 5.40. The molecule has 0 spiro atoms. The Hall–Kier alpha value is -1.25. The van der Waals surface area contributed by atoms with E-state index in [1.165, 1.54) is 22.5 Å². The first kappa shape index (κ1) is 12.8. The van der Waals surface area contributed by atoms with Crippen LogP contribution in [0.15, 0.2) is 54.1 Å². The van der Waals surface area contributed by atoms with Gasteiger partial charge in [-0.15, -0.1) is 0 Å². The highest BCUT2D eigenvalue weighted by molar-refractivity contribution is 9.09. The van der Waals surface area contributed by atoms with Crippen molar-refractivity contribution in [2.24, 2.45) is 0 Å². The Morgan fingerprint density at radius 3 is 2.63 bits per heavy atom. The van der Waals surface area contributed by atoms with Gasteiger partial charge >= 0.3 is 0 Å². The Morgan fingerprint density at radius 2 is 1.89 bits per heavy atom. The van der Waals surface area contributed by atoms with Crippen LogP contribution in [0.4, 0.5) is 11.4 Å². The maximum atomic E-state index is 6.14. The molecule has 0 saturated carbocycles. The van der Waals surface area contributed by atoms with Crippen LogP contribution < -0.4 is 4.90 Å². The zero-order valence-electron chi connectivity index (χ0n) is 10.3. The standard InChI is InChI=1S/C16H13BrClN/c17-10-12-8-13-6-7-14(18)9-16(13)19(11-12)15-4-2-1-3-5-15/h1-9H,10-11H2. The third-order valence-corrected chi connectivity index (χ3v) is 4.20. The molecule has 96 valence electrons. The van der Waals surface area contributed by atoms with Crippen molar-refractivity contribution in [2.75, 3.05) is 16.8 Å². The van der Waals surface area contributed by atoms with Gasteiger partial charge in [0.05, 0.1) is 5.69 Å². The molecule has 0 aromatic heterocycles. The SMILES string of the molecule is Clc1ccc2c(c1)N(c1ccccc1)CC(CBr)=C2. The predicted octanol–water partition coefficient (Wildman–Crippen LogP) is 5.27. The molecule has 3 rings (SSSR count). The van der Waals surface area contributed by atoms with E-state index in [2.05, 4.69) is 57.2 Å². The summed E-state index contributed by atoms with van der Waals surface area (Å²) in [4.78, 5) is 2.30. The second-order valence-corrected chi connectivity index (χ2v) is 5.56. The molecule has 3 heteroatoms. The fourth-order valence-corrected chi connectivity index (χ4v) is 2.85. The van der Waals surface area contributed by atoms with Gasteiger partial charge in [-0.05, 0) is 35.4 Å². The topological polar surface area (TPSA) is 3.24 Å². The molecule has 1 nitrogen and oxygen atoms in total. The molecule has 0 fully saturated rings. The summed E-state index contributed by atoms with van der Waals surface area (Å²) >= 11 is 9.70. The smallest absolute Gasteiger partial charge is 0.0502 e. The number of halogens is 2. The minimum absolute atomic E-state index is 0.773. The molecule has 0 radical (unpaired) electrons. The first-order valence-electron chi connectivity index (χ1n) is 6.15. The van der Waals surface area contributed by atoms with Gasteiger partial charge in [0, 0.05) is 22.6 Å². The molecule has 0 aliphatic carbocycles. The van der Waals surface area contributed by atoms with Gasteiger partial charge < -0.3 is 4.90 Å². The average molecular weight is 335 g/mol. The van der Waals surface area contributed by atoms with E-state index in [0.29, 0.717) is 0 Å². The van der Waals surface area contributed by atoms with Gasteiger partial charge in [-0.1, -0.05) is 57.9 Å². The fourth-order valence-electron chi connectivity index (χ4n) is 2.35. The molecule has 1 aliphatic heterocycles. The quantitative estimate of drug-likeness (QED) is 0.676. The Balaban J connectivity index is 2.12. The first-order valence-corrected chi connectivity index (χ1v) is 7.65. The van der Waals surface area contributed by atoms with Crippen molar-refractivity contribution in [3.8, 4) is 0 Å². The molecule has 0 bridgehead atoms. The maximum absolute atomic E-state index is 6.14. The van der Waals surface area contributed by atoms with E-state index in [-0.39, 0.29) is 0 Å². The monoisotopic (exact) mass is 333 g/mol. The number of anilines is 2. The van der Waals surface area contributed by atoms with Gasteiger partial charge in [0.25, 0.3) is 0 Å². The van der Waals surface area contributed by atoms with Crippen LogP contribution in [-0.4, -0.2) is 11.9 Å². The minimum Gasteiger partial charge on any atom is -0.337 e. The maximum Gasteiger partial charge on any atom is 0.0502 e. The Kier molecular flexibility index (Phi) is 3.63. The van der Waals surface area contributed by atoms with E-state index in [0.717, 1.165) is 16.9 Å². The Morgan fingerprint density at radius 1 is 1.11 bits per heavy atom. The highest BCUT2D eigenvalue weighted by atomic mass is 79.9. The van der Waals surface area contributed by atoms with E-state index in [9.17, 15) is 0 Å². The van der Waals surface area contributed by atoms with Crippen LogP contribution in [0.1, 0.15) is 5.56 Å². The minimum atomic E-state index is 0.773. The number of hydrogen-bond acceptors (Lipinski definition) is 1. The fraction of sp³-hybridized carbons (Fsp3) is 0.125. The van der Waals surface area contributed by atoms with Gasteiger partial charge in [-0.2, -0.15) is 0 Å². The third kappa shape index (κ3) is 2.56. The van der Waals surface area contributed by atoms with E-state index >= 15 is 0 Å². The summed E-state index contributed by atoms with van der Waals surface area (Å²) in [5, 5.41) is 1.66. The predicted molar refractivity (Wildman–Crippen MR) is 86.7 cm³/mol. The summed E-state index contributed by atoms with van der Waals surface area (Å²) in [6.45, 7) is 0.891. The van der Waals surface area contributed by atoms with Crippen molar-refractivity contribution in [2.45, 2.75) is 0 Å². The lowest BCUT2D eigenvalue weighted by Crippen LogP contribution is -2.24. The zero-order valence-corrected chi connectivity index (χ0v) is 12.7. The average Bonchev–Trinajstić information content (AvgIpc) is 2.47. The second-order valence-electron chi connectivity index (χ2n) is 4.56. The van der Waals surface area contributed by atoms with Crippen LogP contribution in [0.3, 0.4) is 0 Å². The summed E-state index contributed by atoms with van der Waals surface area (Å²) in [5.41, 5.74) is 4.94. The van der Waals surface area contributed by atoms with Crippen molar-refractivity contribution in [1.82, 2.24) is 0 Å². The Labute approximate surface area is 126 Å². The van der Waals surface area contributed by atoms with Crippen LogP contribution in [0, 0.1) is 0 Å². The van der Waals surface area contributed by atoms with Crippen LogP contribution in [-0.2, 0) is 0 Å². The summed E-state index contributed by atoms with van der Waals surface area (Å²) in [5.74, 6) is 0. The molecule has 1 heterocycles. The van der Waals surface area contributed by atoms with Crippen molar-refractivity contribution in [1.29, 1.82) is 0 Å². The van der Waals surface area contributed by atoms with Gasteiger partial charge in [0.2, 0.25) is 0 Å². The van der Waals surface area contributed by atoms with Crippen molar-refractivity contribution in [3.63, 3.8) is 0 Å². The zero-order chi connectivity index (χ0) is 13.2. The van der Waals surface area contributed by atoms with Crippen LogP contribution in [0.2, 0.25) is 5.02 Å². The van der Waals surface area contributed by atoms with Gasteiger partial charge in [0.15, 0.2) is 0 Å². The molecule has 0 amide bonds. The molecule has 19 heavy (non-hydrogen) atoms. The van der Waals surface area contributed by atoms with Gasteiger partial charge in [-0.3, -0.25) is 0 Å². The lowest BCUT2D eigenvalue weighted by atomic mass is 10.0. The van der Waals surface area contributed by atoms with Crippen molar-refractivity contribution >= 4 is 45.0 Å². The van der Waals surface area contributed by atoms with Crippen LogP contribution in [0.5, 0.6) is 0 Å². The van der Waals surface area contributed by atoms with E-state index in [1.54, 1.807) is 0 Å². The molecule has 0 unspecified atom stereocenters. The number of benzene rings is 2. The van der Waals surface area contributed by atoms with Crippen LogP contribution >= 0.6 is 27.5 Å². The number of nitrogens with zero attached hydrogens (tertiary/aromatic N) is 1. The Bertz CT molecular complexity index is 622. The van der Waals surface area contributed by atoms with Gasteiger partial charge in [0.1, 0.15) is 0 Å². The van der Waals surface area contributed by atoms with Gasteiger partial charge in [-0.25, -0.2) is 0 Å². The largest absolute Gasteiger partial charge is 0.337 e. The van der Waals surface area contributed by atoms with E-state index in [4.69, 9.17) is 11.6 Å². The summed E-state index contributed by atoms with van der Waals surface area (Å²) < 4.78 is 0. The lowest BCUT2D eigenvalue weighted by Gasteiger charge is -2.31. The number of rotatable bonds is 2. The molecule has 2 aromatic carbocycles. The number of alkyl halides is 1. The van der Waals surface area contributed by atoms with Crippen molar-refractivity contribution < 1.29 is 0 Å². The van der Waals surface area contributed by atoms with Crippen molar-refractivity contribution in [3.05, 3.63) is 64.7 Å². The molecule has 0 saturated heterocycles. The molecule has 0 atom stereocenters. The summed E-state index contributed by atoms with van der Waals surface area (Å²) in [6, 6.07) is 16.5. The van der Waals surface area contributed by atoms with E-state index < -0.39 is 0 Å². The number of hydrogen-bond donors (Lipinski definition) is 0. The lowest BCUT2D eigenvalue weighted by molar-refractivity contribution is 1.03. The molecule has 1 aliphatic rings.